The fraction of sp³-hybridized carbons (Fsp3) is 0.273. The lowest BCUT2D eigenvalue weighted by molar-refractivity contribution is 0.0987. The molecule has 0 N–H and O–H groups in total. The van der Waals surface area contributed by atoms with Gasteiger partial charge in [-0.05, 0) is 19.9 Å². The van der Waals surface area contributed by atoms with Gasteiger partial charge in [-0.1, -0.05) is 0 Å². The van der Waals surface area contributed by atoms with Crippen LogP contribution in [0.4, 0.5) is 0 Å². The fourth-order valence-electron chi connectivity index (χ4n) is 1.36. The summed E-state index contributed by atoms with van der Waals surface area (Å²) in [6.45, 7) is 3.69. The highest BCUT2D eigenvalue weighted by molar-refractivity contribution is 7.09. The standard InChI is InChI=1S/C11H11N3OS/c1-7-12-4-3-10(13-7)11(15)5-9-6-16-8(2)14-9/h3-4,6H,5H2,1-2H3. The van der Waals surface area contributed by atoms with Crippen molar-refractivity contribution in [3.05, 3.63) is 39.9 Å². The van der Waals surface area contributed by atoms with Crippen molar-refractivity contribution in [2.24, 2.45) is 0 Å². The first-order valence-corrected chi connectivity index (χ1v) is 5.77. The number of aryl methyl sites for hydroxylation is 2. The second-order valence-corrected chi connectivity index (χ2v) is 4.51. The van der Waals surface area contributed by atoms with Crippen molar-refractivity contribution in [1.82, 2.24) is 15.0 Å². The Morgan fingerprint density at radius 2 is 2.19 bits per heavy atom. The van der Waals surface area contributed by atoms with E-state index < -0.39 is 0 Å². The highest BCUT2D eigenvalue weighted by atomic mass is 32.1. The number of aromatic nitrogens is 3. The number of Topliss-reactive ketones (excluding diaryl/α,β-unsaturated/α-hetero) is 1. The molecule has 0 aromatic carbocycles. The Hall–Kier alpha value is -1.62. The first-order valence-electron chi connectivity index (χ1n) is 4.89. The van der Waals surface area contributed by atoms with E-state index in [1.54, 1.807) is 30.5 Å². The normalized spacial score (nSPS) is 10.4. The molecular formula is C11H11N3OS. The van der Waals surface area contributed by atoms with Crippen molar-refractivity contribution >= 4 is 17.1 Å². The molecule has 0 saturated heterocycles. The van der Waals surface area contributed by atoms with Crippen LogP contribution in [0.2, 0.25) is 0 Å². The first kappa shape index (κ1) is 10.9. The smallest absolute Gasteiger partial charge is 0.187 e. The quantitative estimate of drug-likeness (QED) is 0.761. The average molecular weight is 233 g/mol. The molecule has 0 aliphatic heterocycles. The molecule has 0 spiro atoms. The van der Waals surface area contributed by atoms with Crippen LogP contribution in [0.25, 0.3) is 0 Å². The topological polar surface area (TPSA) is 55.7 Å². The van der Waals surface area contributed by atoms with Gasteiger partial charge in [0, 0.05) is 11.6 Å². The zero-order valence-corrected chi connectivity index (χ0v) is 9.91. The van der Waals surface area contributed by atoms with Gasteiger partial charge in [-0.25, -0.2) is 15.0 Å². The summed E-state index contributed by atoms with van der Waals surface area (Å²) in [4.78, 5) is 24.2. The number of carbonyl (C=O) groups is 1. The molecule has 2 aromatic heterocycles. The van der Waals surface area contributed by atoms with E-state index in [0.717, 1.165) is 10.7 Å². The largest absolute Gasteiger partial charge is 0.292 e. The lowest BCUT2D eigenvalue weighted by atomic mass is 10.2. The van der Waals surface area contributed by atoms with Crippen LogP contribution in [0.15, 0.2) is 17.6 Å². The maximum absolute atomic E-state index is 11.8. The third-order valence-electron chi connectivity index (χ3n) is 2.07. The second kappa shape index (κ2) is 4.49. The number of rotatable bonds is 3. The van der Waals surface area contributed by atoms with Crippen molar-refractivity contribution in [1.29, 1.82) is 0 Å². The van der Waals surface area contributed by atoms with Gasteiger partial charge in [-0.15, -0.1) is 11.3 Å². The lowest BCUT2D eigenvalue weighted by Crippen LogP contribution is -2.07. The molecule has 16 heavy (non-hydrogen) atoms. The number of ketones is 1. The summed E-state index contributed by atoms with van der Waals surface area (Å²) < 4.78 is 0. The molecule has 0 unspecified atom stereocenters. The van der Waals surface area contributed by atoms with E-state index in [-0.39, 0.29) is 5.78 Å². The van der Waals surface area contributed by atoms with Crippen LogP contribution in [0.1, 0.15) is 27.0 Å². The molecule has 82 valence electrons. The Balaban J connectivity index is 2.14. The molecule has 0 atom stereocenters. The van der Waals surface area contributed by atoms with Crippen LogP contribution in [-0.4, -0.2) is 20.7 Å². The van der Waals surface area contributed by atoms with E-state index >= 15 is 0 Å². The van der Waals surface area contributed by atoms with Gasteiger partial charge >= 0.3 is 0 Å². The van der Waals surface area contributed by atoms with Crippen LogP contribution in [0, 0.1) is 13.8 Å². The van der Waals surface area contributed by atoms with Gasteiger partial charge in [-0.2, -0.15) is 0 Å². The Bertz CT molecular complexity index is 521. The van der Waals surface area contributed by atoms with Crippen LogP contribution in [-0.2, 0) is 6.42 Å². The molecule has 0 bridgehead atoms. The molecule has 0 radical (unpaired) electrons. The van der Waals surface area contributed by atoms with E-state index in [1.165, 1.54) is 0 Å². The van der Waals surface area contributed by atoms with Crippen LogP contribution in [0.5, 0.6) is 0 Å². The number of carbonyl (C=O) groups excluding carboxylic acids is 1. The Morgan fingerprint density at radius 1 is 1.38 bits per heavy atom. The Kier molecular flexibility index (Phi) is 3.05. The van der Waals surface area contributed by atoms with Crippen LogP contribution in [0.3, 0.4) is 0 Å². The molecule has 0 aliphatic carbocycles. The molecule has 2 aromatic rings. The van der Waals surface area contributed by atoms with Crippen molar-refractivity contribution < 1.29 is 4.79 Å². The molecule has 5 heteroatoms. The third kappa shape index (κ3) is 2.49. The highest BCUT2D eigenvalue weighted by Crippen LogP contribution is 2.10. The molecule has 2 rings (SSSR count). The molecular weight excluding hydrogens is 222 g/mol. The summed E-state index contributed by atoms with van der Waals surface area (Å²) in [5.74, 6) is 0.594. The predicted octanol–water partition coefficient (Wildman–Crippen LogP) is 1.98. The average Bonchev–Trinajstić information content (AvgIpc) is 2.64. The minimum atomic E-state index is -0.0178. The van der Waals surface area contributed by atoms with E-state index in [1.807, 2.05) is 12.3 Å². The van der Waals surface area contributed by atoms with E-state index in [9.17, 15) is 4.79 Å². The van der Waals surface area contributed by atoms with E-state index in [0.29, 0.717) is 17.9 Å². The van der Waals surface area contributed by atoms with Gasteiger partial charge in [0.1, 0.15) is 11.5 Å². The summed E-state index contributed by atoms with van der Waals surface area (Å²) in [6, 6.07) is 1.63. The maximum Gasteiger partial charge on any atom is 0.187 e. The summed E-state index contributed by atoms with van der Waals surface area (Å²) in [5.41, 5.74) is 1.27. The Morgan fingerprint density at radius 3 is 2.81 bits per heavy atom. The number of hydrogen-bond donors (Lipinski definition) is 0. The molecule has 4 nitrogen and oxygen atoms in total. The monoisotopic (exact) mass is 233 g/mol. The number of hydrogen-bond acceptors (Lipinski definition) is 5. The molecule has 0 aliphatic rings. The van der Waals surface area contributed by atoms with Crippen LogP contribution >= 0.6 is 11.3 Å². The van der Waals surface area contributed by atoms with Crippen molar-refractivity contribution in [3.63, 3.8) is 0 Å². The Labute approximate surface area is 97.4 Å². The SMILES string of the molecule is Cc1nccc(C(=O)Cc2csc(C)n2)n1. The minimum absolute atomic E-state index is 0.0178. The van der Waals surface area contributed by atoms with Gasteiger partial charge in [0.05, 0.1) is 17.1 Å². The molecule has 0 saturated carbocycles. The summed E-state index contributed by atoms with van der Waals surface area (Å²) in [7, 11) is 0. The zero-order valence-electron chi connectivity index (χ0n) is 9.10. The van der Waals surface area contributed by atoms with Gasteiger partial charge in [0.25, 0.3) is 0 Å². The predicted molar refractivity (Wildman–Crippen MR) is 61.7 cm³/mol. The summed E-state index contributed by atoms with van der Waals surface area (Å²) >= 11 is 1.55. The lowest BCUT2D eigenvalue weighted by Gasteiger charge is -1.98. The molecule has 0 amide bonds. The van der Waals surface area contributed by atoms with Gasteiger partial charge in [-0.3, -0.25) is 4.79 Å². The van der Waals surface area contributed by atoms with Crippen molar-refractivity contribution in [3.8, 4) is 0 Å². The third-order valence-corrected chi connectivity index (χ3v) is 2.89. The fourth-order valence-corrected chi connectivity index (χ4v) is 1.97. The zero-order chi connectivity index (χ0) is 11.5. The second-order valence-electron chi connectivity index (χ2n) is 3.45. The van der Waals surface area contributed by atoms with Crippen molar-refractivity contribution in [2.75, 3.05) is 0 Å². The minimum Gasteiger partial charge on any atom is -0.292 e. The van der Waals surface area contributed by atoms with Gasteiger partial charge in [0.15, 0.2) is 5.78 Å². The highest BCUT2D eigenvalue weighted by Gasteiger charge is 2.10. The van der Waals surface area contributed by atoms with Crippen LogP contribution < -0.4 is 0 Å². The summed E-state index contributed by atoms with van der Waals surface area (Å²) in [5, 5.41) is 2.88. The number of nitrogens with zero attached hydrogens (tertiary/aromatic N) is 3. The van der Waals surface area contributed by atoms with Gasteiger partial charge in [0.2, 0.25) is 0 Å². The first-order chi connectivity index (χ1) is 7.65. The van der Waals surface area contributed by atoms with Crippen molar-refractivity contribution in [2.45, 2.75) is 20.3 Å². The maximum atomic E-state index is 11.8. The summed E-state index contributed by atoms with van der Waals surface area (Å²) in [6.07, 6.45) is 1.91. The number of thiazole rings is 1. The van der Waals surface area contributed by atoms with E-state index in [2.05, 4.69) is 15.0 Å². The van der Waals surface area contributed by atoms with Gasteiger partial charge < -0.3 is 0 Å². The van der Waals surface area contributed by atoms with E-state index in [4.69, 9.17) is 0 Å². The molecule has 0 fully saturated rings. The molecule has 2 heterocycles.